The van der Waals surface area contributed by atoms with Crippen molar-refractivity contribution in [1.29, 1.82) is 0 Å². The summed E-state index contributed by atoms with van der Waals surface area (Å²) in [4.78, 5) is 37.9. The van der Waals surface area contributed by atoms with Crippen LogP contribution in [0.3, 0.4) is 0 Å². The number of amides is 2. The summed E-state index contributed by atoms with van der Waals surface area (Å²) in [7, 11) is 0. The number of carbonyl (C=O) groups is 3. The fourth-order valence-corrected chi connectivity index (χ4v) is 4.10. The van der Waals surface area contributed by atoms with E-state index in [1.54, 1.807) is 19.1 Å². The molecule has 10 heteroatoms. The molecule has 1 saturated heterocycles. The fraction of sp³-hybridized carbons (Fsp3) is 0.409. The lowest BCUT2D eigenvalue weighted by atomic mass is 9.88. The molecule has 0 radical (unpaired) electrons. The summed E-state index contributed by atoms with van der Waals surface area (Å²) in [5.74, 6) is -2.78. The van der Waals surface area contributed by atoms with Crippen molar-refractivity contribution in [3.63, 3.8) is 0 Å². The molecule has 0 bridgehead atoms. The van der Waals surface area contributed by atoms with Gasteiger partial charge in [0.1, 0.15) is 0 Å². The first-order valence-electron chi connectivity index (χ1n) is 10.1. The first-order chi connectivity index (χ1) is 15.2. The van der Waals surface area contributed by atoms with E-state index < -0.39 is 31.0 Å². The van der Waals surface area contributed by atoms with Crippen LogP contribution in [-0.4, -0.2) is 47.6 Å². The Morgan fingerprint density at radius 3 is 2.69 bits per heavy atom. The first-order valence-corrected chi connectivity index (χ1v) is 10.1. The molecule has 3 unspecified atom stereocenters. The molecule has 1 aliphatic heterocycles. The molecule has 172 valence electrons. The number of halogens is 2. The highest BCUT2D eigenvalue weighted by Crippen LogP contribution is 2.41. The van der Waals surface area contributed by atoms with Gasteiger partial charge in [-0.15, -0.1) is 0 Å². The van der Waals surface area contributed by atoms with Gasteiger partial charge in [0.25, 0.3) is 0 Å². The zero-order valence-corrected chi connectivity index (χ0v) is 17.6. The van der Waals surface area contributed by atoms with Gasteiger partial charge in [0.2, 0.25) is 11.8 Å². The first kappa shape index (κ1) is 23.2. The molecule has 1 fully saturated rings. The summed E-state index contributed by atoms with van der Waals surface area (Å²) in [6.45, 7) is 0.383. The number of carbonyl (C=O) groups excluding carboxylic acids is 2. The molecule has 0 aromatic heterocycles. The van der Waals surface area contributed by atoms with Gasteiger partial charge in [-0.3, -0.25) is 14.4 Å². The van der Waals surface area contributed by atoms with Gasteiger partial charge in [0.15, 0.2) is 11.5 Å². The van der Waals surface area contributed by atoms with Crippen molar-refractivity contribution in [2.45, 2.75) is 32.9 Å². The Morgan fingerprint density at radius 1 is 1.31 bits per heavy atom. The quantitative estimate of drug-likeness (QED) is 0.600. The van der Waals surface area contributed by atoms with Crippen LogP contribution in [0, 0.1) is 11.8 Å². The van der Waals surface area contributed by atoms with Crippen LogP contribution in [0.2, 0.25) is 0 Å². The minimum atomic E-state index is -3.05. The molecule has 2 amide bonds. The largest absolute Gasteiger partial charge is 0.490 e. The summed E-state index contributed by atoms with van der Waals surface area (Å²) in [6, 6.07) is 3.28. The number of hydrogen-bond acceptors (Lipinski definition) is 5. The van der Waals surface area contributed by atoms with Crippen LogP contribution >= 0.6 is 0 Å². The number of rotatable bonds is 9. The van der Waals surface area contributed by atoms with Crippen LogP contribution in [0.25, 0.3) is 0 Å². The molecule has 2 N–H and O–H groups in total. The van der Waals surface area contributed by atoms with Crippen LogP contribution in [0.4, 0.5) is 8.78 Å². The van der Waals surface area contributed by atoms with E-state index in [1.807, 2.05) is 6.08 Å². The van der Waals surface area contributed by atoms with Gasteiger partial charge in [0, 0.05) is 25.1 Å². The molecule has 32 heavy (non-hydrogen) atoms. The van der Waals surface area contributed by atoms with Crippen LogP contribution in [0.15, 0.2) is 42.1 Å². The van der Waals surface area contributed by atoms with E-state index in [9.17, 15) is 28.3 Å². The summed E-state index contributed by atoms with van der Waals surface area (Å²) in [6.07, 6.45) is 4.85. The van der Waals surface area contributed by atoms with Crippen molar-refractivity contribution in [2.24, 2.45) is 11.8 Å². The summed E-state index contributed by atoms with van der Waals surface area (Å²) < 4.78 is 35.3. The van der Waals surface area contributed by atoms with Gasteiger partial charge in [-0.1, -0.05) is 18.2 Å². The van der Waals surface area contributed by atoms with Crippen molar-refractivity contribution in [3.8, 4) is 11.5 Å². The number of allylic oxidation sites excluding steroid dienone is 2. The molecule has 3 rings (SSSR count). The molecule has 0 saturated carbocycles. The Morgan fingerprint density at radius 2 is 2.06 bits per heavy atom. The molecule has 0 spiro atoms. The van der Waals surface area contributed by atoms with Gasteiger partial charge >= 0.3 is 12.6 Å². The Balaban J connectivity index is 1.95. The highest BCUT2D eigenvalue weighted by molar-refractivity contribution is 5.88. The Bertz CT molecular complexity index is 962. The highest BCUT2D eigenvalue weighted by atomic mass is 19.3. The maximum atomic E-state index is 13.3. The van der Waals surface area contributed by atoms with E-state index >= 15 is 0 Å². The molecule has 2 aliphatic rings. The highest BCUT2D eigenvalue weighted by Gasteiger charge is 2.45. The topological polar surface area (TPSA) is 105 Å². The number of ether oxygens (including phenoxy) is 2. The Kier molecular flexibility index (Phi) is 7.12. The van der Waals surface area contributed by atoms with Crippen molar-refractivity contribution in [2.75, 3.05) is 13.2 Å². The number of carboxylic acid groups (broad SMARTS) is 1. The molecule has 1 heterocycles. The third-order valence-electron chi connectivity index (χ3n) is 5.29. The van der Waals surface area contributed by atoms with E-state index in [0.29, 0.717) is 11.3 Å². The fourth-order valence-electron chi connectivity index (χ4n) is 4.10. The normalized spacial score (nSPS) is 20.6. The van der Waals surface area contributed by atoms with Crippen LogP contribution < -0.4 is 14.8 Å². The summed E-state index contributed by atoms with van der Waals surface area (Å²) in [5.41, 5.74) is 0.876. The monoisotopic (exact) mass is 450 g/mol. The minimum Gasteiger partial charge on any atom is -0.490 e. The van der Waals surface area contributed by atoms with Crippen LogP contribution in [-0.2, 0) is 14.4 Å². The third-order valence-corrected chi connectivity index (χ3v) is 5.29. The summed E-state index contributed by atoms with van der Waals surface area (Å²) >= 11 is 0. The smallest absolute Gasteiger partial charge is 0.387 e. The van der Waals surface area contributed by atoms with E-state index in [2.05, 4.69) is 10.1 Å². The lowest BCUT2D eigenvalue weighted by Gasteiger charge is -2.28. The summed E-state index contributed by atoms with van der Waals surface area (Å²) in [5, 5.41) is 12.2. The molecule has 1 aromatic rings. The van der Waals surface area contributed by atoms with Crippen molar-refractivity contribution >= 4 is 17.8 Å². The zero-order valence-electron chi connectivity index (χ0n) is 17.6. The molecule has 8 nitrogen and oxygen atoms in total. The number of fused-ring (bicyclic) bond motifs is 1. The van der Waals surface area contributed by atoms with E-state index in [1.165, 1.54) is 30.0 Å². The van der Waals surface area contributed by atoms with Crippen molar-refractivity contribution in [3.05, 3.63) is 47.7 Å². The second-order valence-electron chi connectivity index (χ2n) is 7.45. The van der Waals surface area contributed by atoms with Gasteiger partial charge < -0.3 is 24.8 Å². The van der Waals surface area contributed by atoms with Gasteiger partial charge in [-0.25, -0.2) is 0 Å². The number of nitrogens with zero attached hydrogens (tertiary/aromatic N) is 1. The van der Waals surface area contributed by atoms with Crippen LogP contribution in [0.5, 0.6) is 11.5 Å². The van der Waals surface area contributed by atoms with E-state index in [4.69, 9.17) is 4.74 Å². The number of carboxylic acids is 1. The number of hydrogen-bond donors (Lipinski definition) is 2. The lowest BCUT2D eigenvalue weighted by Crippen LogP contribution is -2.36. The molecular weight excluding hydrogens is 426 g/mol. The average Bonchev–Trinajstić information content (AvgIpc) is 3.04. The van der Waals surface area contributed by atoms with Gasteiger partial charge in [-0.05, 0) is 30.7 Å². The van der Waals surface area contributed by atoms with Crippen LogP contribution in [0.1, 0.15) is 31.9 Å². The van der Waals surface area contributed by atoms with E-state index in [0.717, 1.165) is 0 Å². The minimum absolute atomic E-state index is 0.0310. The van der Waals surface area contributed by atoms with Gasteiger partial charge in [0.05, 0.1) is 25.0 Å². The zero-order chi connectivity index (χ0) is 23.4. The SMILES string of the molecule is CCOc1cc(C(CC(=O)O)N2CC3C=CC=C(NC(C)=O)C3C2=O)ccc1OC(F)F. The molecule has 1 aliphatic carbocycles. The number of alkyl halides is 2. The average molecular weight is 450 g/mol. The predicted octanol–water partition coefficient (Wildman–Crippen LogP) is 2.87. The second-order valence-corrected chi connectivity index (χ2v) is 7.45. The maximum absolute atomic E-state index is 13.3. The van der Waals surface area contributed by atoms with Crippen molar-refractivity contribution in [1.82, 2.24) is 10.2 Å². The third kappa shape index (κ3) is 5.06. The standard InChI is InChI=1S/C22H24F2N2O6/c1-3-31-18-9-13(7-8-17(18)32-22(23)24)16(10-19(28)29)26-11-14-5-4-6-15(25-12(2)27)20(14)21(26)30/h4-9,14,16,20,22H,3,10-11H2,1-2H3,(H,25,27)(H,28,29). The Hall–Kier alpha value is -3.43. The molecule has 1 aromatic carbocycles. The number of nitrogens with one attached hydrogen (secondary N) is 1. The molecular formula is C22H24F2N2O6. The second kappa shape index (κ2) is 9.80. The lowest BCUT2D eigenvalue weighted by molar-refractivity contribution is -0.140. The number of aliphatic carboxylic acids is 1. The Labute approximate surface area is 183 Å². The van der Waals surface area contributed by atoms with Crippen molar-refractivity contribution < 1.29 is 37.7 Å². The van der Waals surface area contributed by atoms with E-state index in [-0.39, 0.29) is 42.4 Å². The predicted molar refractivity (Wildman–Crippen MR) is 109 cm³/mol. The number of likely N-dealkylation sites (tertiary alicyclic amines) is 1. The molecule has 3 atom stereocenters. The number of benzene rings is 1. The maximum Gasteiger partial charge on any atom is 0.387 e. The van der Waals surface area contributed by atoms with Gasteiger partial charge in [-0.2, -0.15) is 8.78 Å².